The first-order valence-corrected chi connectivity index (χ1v) is 5.70. The molecule has 0 saturated heterocycles. The van der Waals surface area contributed by atoms with Crippen LogP contribution in [0.3, 0.4) is 0 Å². The second kappa shape index (κ2) is 10.5. The molecule has 0 heterocycles. The Morgan fingerprint density at radius 1 is 1.14 bits per heavy atom. The van der Waals surface area contributed by atoms with Gasteiger partial charge >= 0.3 is 0 Å². The Kier molecular flexibility index (Phi) is 10.1. The lowest BCUT2D eigenvalue weighted by molar-refractivity contribution is 0.101. The third kappa shape index (κ3) is 8.06. The fourth-order valence-corrected chi connectivity index (χ4v) is 1.41. The van der Waals surface area contributed by atoms with Crippen LogP contribution in [0.1, 0.15) is 45.4 Å². The van der Waals surface area contributed by atoms with Crippen molar-refractivity contribution in [1.82, 2.24) is 0 Å². The van der Waals surface area contributed by atoms with Gasteiger partial charge in [-0.15, -0.1) is 13.2 Å². The summed E-state index contributed by atoms with van der Waals surface area (Å²) in [6.45, 7) is 10.3. The van der Waals surface area contributed by atoms with Crippen molar-refractivity contribution >= 4 is 0 Å². The van der Waals surface area contributed by atoms with Crippen LogP contribution in [0.25, 0.3) is 0 Å². The van der Waals surface area contributed by atoms with E-state index in [0.29, 0.717) is 6.61 Å². The van der Waals surface area contributed by atoms with Crippen LogP contribution in [0.5, 0.6) is 0 Å². The summed E-state index contributed by atoms with van der Waals surface area (Å²) < 4.78 is 5.51. The van der Waals surface area contributed by atoms with Gasteiger partial charge in [-0.3, -0.25) is 0 Å². The van der Waals surface area contributed by atoms with Crippen molar-refractivity contribution in [2.45, 2.75) is 51.6 Å². The minimum Gasteiger partial charge on any atom is -0.370 e. The predicted octanol–water partition coefficient (Wildman–Crippen LogP) is 4.10. The third-order valence-electron chi connectivity index (χ3n) is 2.28. The Labute approximate surface area is 88.9 Å². The number of ether oxygens (including phenoxy) is 1. The van der Waals surface area contributed by atoms with Gasteiger partial charge in [0, 0.05) is 0 Å². The fraction of sp³-hybridized carbons (Fsp3) is 0.692. The molecule has 14 heavy (non-hydrogen) atoms. The van der Waals surface area contributed by atoms with E-state index in [1.807, 2.05) is 6.08 Å². The van der Waals surface area contributed by atoms with E-state index in [0.717, 1.165) is 6.42 Å². The molecule has 0 aromatic carbocycles. The smallest absolute Gasteiger partial charge is 0.0757 e. The second-order valence-electron chi connectivity index (χ2n) is 3.60. The third-order valence-corrected chi connectivity index (χ3v) is 2.28. The Bertz CT molecular complexity index is 140. The fourth-order valence-electron chi connectivity index (χ4n) is 1.41. The molecule has 0 aliphatic carbocycles. The molecule has 0 saturated carbocycles. The SMILES string of the molecule is C=CCO[C@@H](C=C)CCCCCCC. The largest absolute Gasteiger partial charge is 0.370 e. The zero-order valence-corrected chi connectivity index (χ0v) is 9.50. The molecule has 0 rings (SSSR count). The van der Waals surface area contributed by atoms with Gasteiger partial charge in [-0.05, 0) is 6.42 Å². The first-order chi connectivity index (χ1) is 6.85. The van der Waals surface area contributed by atoms with E-state index in [9.17, 15) is 0 Å². The van der Waals surface area contributed by atoms with Gasteiger partial charge in [0.15, 0.2) is 0 Å². The summed E-state index contributed by atoms with van der Waals surface area (Å²) in [6.07, 6.45) is 11.6. The molecule has 1 atom stereocenters. The van der Waals surface area contributed by atoms with E-state index in [4.69, 9.17) is 4.74 Å². The zero-order valence-electron chi connectivity index (χ0n) is 9.50. The van der Waals surface area contributed by atoms with Gasteiger partial charge in [0.05, 0.1) is 12.7 Å². The van der Waals surface area contributed by atoms with Crippen LogP contribution in [0.2, 0.25) is 0 Å². The lowest BCUT2D eigenvalue weighted by Gasteiger charge is -2.11. The maximum atomic E-state index is 5.51. The minimum absolute atomic E-state index is 0.217. The molecule has 0 unspecified atom stereocenters. The van der Waals surface area contributed by atoms with Crippen LogP contribution in [0.4, 0.5) is 0 Å². The molecule has 1 heteroatoms. The van der Waals surface area contributed by atoms with E-state index < -0.39 is 0 Å². The minimum atomic E-state index is 0.217. The maximum absolute atomic E-state index is 5.51. The van der Waals surface area contributed by atoms with Crippen LogP contribution in [0, 0.1) is 0 Å². The lowest BCUT2D eigenvalue weighted by atomic mass is 10.1. The second-order valence-corrected chi connectivity index (χ2v) is 3.60. The van der Waals surface area contributed by atoms with Crippen molar-refractivity contribution in [3.8, 4) is 0 Å². The van der Waals surface area contributed by atoms with Crippen molar-refractivity contribution in [3.05, 3.63) is 25.3 Å². The molecular weight excluding hydrogens is 172 g/mol. The predicted molar refractivity (Wildman–Crippen MR) is 63.5 cm³/mol. The van der Waals surface area contributed by atoms with Crippen LogP contribution < -0.4 is 0 Å². The quantitative estimate of drug-likeness (QED) is 0.377. The topological polar surface area (TPSA) is 9.23 Å². The molecule has 0 radical (unpaired) electrons. The highest BCUT2D eigenvalue weighted by molar-refractivity contribution is 4.81. The molecule has 82 valence electrons. The molecule has 0 amide bonds. The van der Waals surface area contributed by atoms with Gasteiger partial charge in [0.2, 0.25) is 0 Å². The Morgan fingerprint density at radius 3 is 2.43 bits per heavy atom. The van der Waals surface area contributed by atoms with Crippen LogP contribution in [0.15, 0.2) is 25.3 Å². The Hall–Kier alpha value is -0.560. The summed E-state index contributed by atoms with van der Waals surface area (Å²) in [4.78, 5) is 0. The summed E-state index contributed by atoms with van der Waals surface area (Å²) in [5.74, 6) is 0. The number of unbranched alkanes of at least 4 members (excludes halogenated alkanes) is 4. The summed E-state index contributed by atoms with van der Waals surface area (Å²) in [5, 5.41) is 0. The van der Waals surface area contributed by atoms with Crippen molar-refractivity contribution in [3.63, 3.8) is 0 Å². The van der Waals surface area contributed by atoms with E-state index >= 15 is 0 Å². The average molecular weight is 196 g/mol. The molecule has 0 fully saturated rings. The van der Waals surface area contributed by atoms with Gasteiger partial charge in [-0.2, -0.15) is 0 Å². The highest BCUT2D eigenvalue weighted by Gasteiger charge is 2.02. The van der Waals surface area contributed by atoms with E-state index in [2.05, 4.69) is 20.1 Å². The molecule has 1 nitrogen and oxygen atoms in total. The summed E-state index contributed by atoms with van der Waals surface area (Å²) in [6, 6.07) is 0. The van der Waals surface area contributed by atoms with Crippen molar-refractivity contribution in [2.24, 2.45) is 0 Å². The number of hydrogen-bond donors (Lipinski definition) is 0. The molecule has 0 bridgehead atoms. The molecule has 0 spiro atoms. The maximum Gasteiger partial charge on any atom is 0.0757 e. The molecule has 0 aromatic rings. The highest BCUT2D eigenvalue weighted by Crippen LogP contribution is 2.10. The first-order valence-electron chi connectivity index (χ1n) is 5.70. The number of rotatable bonds is 10. The van der Waals surface area contributed by atoms with Gasteiger partial charge in [0.1, 0.15) is 0 Å². The number of hydrogen-bond acceptors (Lipinski definition) is 1. The standard InChI is InChI=1S/C13H24O/c1-4-7-8-9-10-11-13(6-3)14-12-5-2/h5-6,13H,2-4,7-12H2,1H3/t13-/m0/s1. The van der Waals surface area contributed by atoms with Gasteiger partial charge in [0.25, 0.3) is 0 Å². The van der Waals surface area contributed by atoms with Crippen molar-refractivity contribution in [2.75, 3.05) is 6.61 Å². The van der Waals surface area contributed by atoms with Crippen LogP contribution in [-0.4, -0.2) is 12.7 Å². The van der Waals surface area contributed by atoms with Crippen molar-refractivity contribution in [1.29, 1.82) is 0 Å². The monoisotopic (exact) mass is 196 g/mol. The Balaban J connectivity index is 3.32. The summed E-state index contributed by atoms with van der Waals surface area (Å²) in [7, 11) is 0. The molecule has 0 aliphatic rings. The van der Waals surface area contributed by atoms with Crippen molar-refractivity contribution < 1.29 is 4.74 Å². The summed E-state index contributed by atoms with van der Waals surface area (Å²) in [5.41, 5.74) is 0. The van der Waals surface area contributed by atoms with E-state index in [1.165, 1.54) is 32.1 Å². The first kappa shape index (κ1) is 13.4. The van der Waals surface area contributed by atoms with E-state index in [-0.39, 0.29) is 6.10 Å². The van der Waals surface area contributed by atoms with Gasteiger partial charge in [-0.25, -0.2) is 0 Å². The molecular formula is C13H24O. The van der Waals surface area contributed by atoms with Gasteiger partial charge in [-0.1, -0.05) is 51.2 Å². The van der Waals surface area contributed by atoms with Gasteiger partial charge < -0.3 is 4.74 Å². The molecule has 0 aromatic heterocycles. The highest BCUT2D eigenvalue weighted by atomic mass is 16.5. The Morgan fingerprint density at radius 2 is 1.86 bits per heavy atom. The zero-order chi connectivity index (χ0) is 10.6. The average Bonchev–Trinajstić information content (AvgIpc) is 2.22. The van der Waals surface area contributed by atoms with Crippen LogP contribution >= 0.6 is 0 Å². The molecule has 0 N–H and O–H groups in total. The summed E-state index contributed by atoms with van der Waals surface area (Å²) >= 11 is 0. The van der Waals surface area contributed by atoms with Crippen LogP contribution in [-0.2, 0) is 4.74 Å². The normalized spacial score (nSPS) is 12.4. The molecule has 0 aliphatic heterocycles. The lowest BCUT2D eigenvalue weighted by Crippen LogP contribution is -2.09. The van der Waals surface area contributed by atoms with E-state index in [1.54, 1.807) is 6.08 Å².